The molecule has 1 aromatic carbocycles. The van der Waals surface area contributed by atoms with Gasteiger partial charge in [0.1, 0.15) is 0 Å². The highest BCUT2D eigenvalue weighted by molar-refractivity contribution is 9.10. The van der Waals surface area contributed by atoms with Crippen LogP contribution in [0.5, 0.6) is 0 Å². The second-order valence-corrected chi connectivity index (χ2v) is 5.22. The first-order valence-electron chi connectivity index (χ1n) is 5.69. The summed E-state index contributed by atoms with van der Waals surface area (Å²) in [5.41, 5.74) is 2.12. The first kappa shape index (κ1) is 12.3. The van der Waals surface area contributed by atoms with Gasteiger partial charge in [-0.05, 0) is 38.0 Å². The zero-order valence-electron chi connectivity index (χ0n) is 9.98. The number of hydrogen-bond donors (Lipinski definition) is 0. The maximum absolute atomic E-state index is 11.8. The van der Waals surface area contributed by atoms with Crippen molar-refractivity contribution in [2.75, 3.05) is 0 Å². The fourth-order valence-electron chi connectivity index (χ4n) is 1.88. The van der Waals surface area contributed by atoms with Crippen molar-refractivity contribution in [3.05, 3.63) is 34.3 Å². The lowest BCUT2D eigenvalue weighted by atomic mass is 10.1. The van der Waals surface area contributed by atoms with Crippen molar-refractivity contribution in [1.82, 2.24) is 5.01 Å². The molecule has 0 radical (unpaired) electrons. The van der Waals surface area contributed by atoms with E-state index in [0.29, 0.717) is 6.42 Å². The quantitative estimate of drug-likeness (QED) is 0.821. The third-order valence-electron chi connectivity index (χ3n) is 2.95. The minimum absolute atomic E-state index is 0.00847. The van der Waals surface area contributed by atoms with Crippen LogP contribution in [-0.4, -0.2) is 16.6 Å². The molecule has 0 N–H and O–H groups in total. The van der Waals surface area contributed by atoms with E-state index >= 15 is 0 Å². The van der Waals surface area contributed by atoms with E-state index < -0.39 is 0 Å². The normalized spacial score (nSPS) is 17.9. The fourth-order valence-corrected chi connectivity index (χ4v) is 2.14. The molecule has 0 aliphatic carbocycles. The van der Waals surface area contributed by atoms with E-state index in [1.165, 1.54) is 0 Å². The van der Waals surface area contributed by atoms with Crippen molar-refractivity contribution in [2.24, 2.45) is 5.10 Å². The van der Waals surface area contributed by atoms with Gasteiger partial charge < -0.3 is 0 Å². The van der Waals surface area contributed by atoms with Crippen molar-refractivity contribution in [2.45, 2.75) is 32.7 Å². The van der Waals surface area contributed by atoms with Crippen molar-refractivity contribution in [3.63, 3.8) is 0 Å². The molecule has 0 aromatic heterocycles. The van der Waals surface area contributed by atoms with Gasteiger partial charge in [0.15, 0.2) is 0 Å². The average Bonchev–Trinajstić information content (AvgIpc) is 2.32. The third-order valence-corrected chi connectivity index (χ3v) is 3.48. The Kier molecular flexibility index (Phi) is 3.62. The van der Waals surface area contributed by atoms with E-state index in [-0.39, 0.29) is 11.9 Å². The summed E-state index contributed by atoms with van der Waals surface area (Å²) in [6.45, 7) is 3.97. The van der Waals surface area contributed by atoms with Gasteiger partial charge in [0.25, 0.3) is 0 Å². The largest absolute Gasteiger partial charge is 0.273 e. The number of amides is 1. The standard InChI is InChI=1S/C13H15BrN2O/c1-9-3-8-13(17)16(15-9)10(2)11-4-6-12(14)7-5-11/h4-7,10H,3,8H2,1-2H3/t10-/m0/s1. The lowest BCUT2D eigenvalue weighted by molar-refractivity contribution is -0.134. The van der Waals surface area contributed by atoms with Crippen molar-refractivity contribution in [3.8, 4) is 0 Å². The molecule has 17 heavy (non-hydrogen) atoms. The number of carbonyl (C=O) groups is 1. The Morgan fingerprint density at radius 1 is 1.29 bits per heavy atom. The van der Waals surface area contributed by atoms with Crippen LogP contribution >= 0.6 is 15.9 Å². The van der Waals surface area contributed by atoms with Gasteiger partial charge in [-0.2, -0.15) is 5.10 Å². The van der Waals surface area contributed by atoms with Gasteiger partial charge in [-0.15, -0.1) is 0 Å². The summed E-state index contributed by atoms with van der Waals surface area (Å²) >= 11 is 3.40. The lowest BCUT2D eigenvalue weighted by Gasteiger charge is -2.28. The molecule has 1 amide bonds. The van der Waals surface area contributed by atoms with Crippen LogP contribution in [0.4, 0.5) is 0 Å². The van der Waals surface area contributed by atoms with Crippen LogP contribution in [0.15, 0.2) is 33.8 Å². The topological polar surface area (TPSA) is 32.7 Å². The number of hydrogen-bond acceptors (Lipinski definition) is 2. The summed E-state index contributed by atoms with van der Waals surface area (Å²) in [4.78, 5) is 11.8. The van der Waals surface area contributed by atoms with Gasteiger partial charge in [-0.3, -0.25) is 4.79 Å². The molecule has 0 spiro atoms. The first-order chi connectivity index (χ1) is 8.08. The average molecular weight is 295 g/mol. The molecule has 1 heterocycles. The Morgan fingerprint density at radius 2 is 1.94 bits per heavy atom. The highest BCUT2D eigenvalue weighted by Gasteiger charge is 2.24. The highest BCUT2D eigenvalue weighted by Crippen LogP contribution is 2.25. The second kappa shape index (κ2) is 5.00. The van der Waals surface area contributed by atoms with Crippen LogP contribution in [0.25, 0.3) is 0 Å². The Labute approximate surface area is 110 Å². The molecular weight excluding hydrogens is 280 g/mol. The first-order valence-corrected chi connectivity index (χ1v) is 6.49. The zero-order valence-corrected chi connectivity index (χ0v) is 11.6. The molecule has 0 fully saturated rings. The minimum atomic E-state index is -0.00847. The maximum Gasteiger partial charge on any atom is 0.243 e. The van der Waals surface area contributed by atoms with Gasteiger partial charge in [0.2, 0.25) is 5.91 Å². The van der Waals surface area contributed by atoms with E-state index in [9.17, 15) is 4.79 Å². The molecule has 90 valence electrons. The Bertz CT molecular complexity index is 453. The van der Waals surface area contributed by atoms with Crippen LogP contribution in [0, 0.1) is 0 Å². The molecule has 2 rings (SSSR count). The number of hydrazone groups is 1. The van der Waals surface area contributed by atoms with Crippen LogP contribution in [0.3, 0.4) is 0 Å². The van der Waals surface area contributed by atoms with Gasteiger partial charge in [-0.25, -0.2) is 5.01 Å². The minimum Gasteiger partial charge on any atom is -0.273 e. The fraction of sp³-hybridized carbons (Fsp3) is 0.385. The molecule has 4 heteroatoms. The maximum atomic E-state index is 11.8. The Balaban J connectivity index is 2.24. The molecular formula is C13H15BrN2O. The van der Waals surface area contributed by atoms with E-state index in [4.69, 9.17) is 0 Å². The number of halogens is 1. The molecule has 0 unspecified atom stereocenters. The zero-order chi connectivity index (χ0) is 12.4. The van der Waals surface area contributed by atoms with Crippen molar-refractivity contribution >= 4 is 27.5 Å². The van der Waals surface area contributed by atoms with Gasteiger partial charge in [0, 0.05) is 16.6 Å². The summed E-state index contributed by atoms with van der Waals surface area (Å²) in [6.07, 6.45) is 1.35. The summed E-state index contributed by atoms with van der Waals surface area (Å²) in [5, 5.41) is 5.95. The SMILES string of the molecule is CC1=NN([C@@H](C)c2ccc(Br)cc2)C(=O)CC1. The number of carbonyl (C=O) groups excluding carboxylic acids is 1. The molecule has 0 bridgehead atoms. The summed E-state index contributed by atoms with van der Waals surface area (Å²) in [6, 6.07) is 7.99. The van der Waals surface area contributed by atoms with Crippen LogP contribution in [0.2, 0.25) is 0 Å². The Hall–Kier alpha value is -1.16. The van der Waals surface area contributed by atoms with Crippen molar-refractivity contribution in [1.29, 1.82) is 0 Å². The van der Waals surface area contributed by atoms with Crippen LogP contribution in [-0.2, 0) is 4.79 Å². The van der Waals surface area contributed by atoms with Crippen molar-refractivity contribution < 1.29 is 4.79 Å². The number of nitrogens with zero attached hydrogens (tertiary/aromatic N) is 2. The molecule has 1 atom stereocenters. The van der Waals surface area contributed by atoms with E-state index in [1.807, 2.05) is 38.1 Å². The smallest absolute Gasteiger partial charge is 0.243 e. The number of benzene rings is 1. The second-order valence-electron chi connectivity index (χ2n) is 4.30. The summed E-state index contributed by atoms with van der Waals surface area (Å²) in [7, 11) is 0. The van der Waals surface area contributed by atoms with E-state index in [2.05, 4.69) is 21.0 Å². The predicted molar refractivity (Wildman–Crippen MR) is 71.7 cm³/mol. The molecule has 0 saturated heterocycles. The predicted octanol–water partition coefficient (Wildman–Crippen LogP) is 3.51. The van der Waals surface area contributed by atoms with Gasteiger partial charge >= 0.3 is 0 Å². The van der Waals surface area contributed by atoms with E-state index in [0.717, 1.165) is 22.2 Å². The van der Waals surface area contributed by atoms with E-state index in [1.54, 1.807) is 5.01 Å². The molecule has 0 saturated carbocycles. The molecule has 3 nitrogen and oxygen atoms in total. The number of rotatable bonds is 2. The Morgan fingerprint density at radius 3 is 2.59 bits per heavy atom. The third kappa shape index (κ3) is 2.75. The summed E-state index contributed by atoms with van der Waals surface area (Å²) in [5.74, 6) is 0.103. The summed E-state index contributed by atoms with van der Waals surface area (Å²) < 4.78 is 1.04. The highest BCUT2D eigenvalue weighted by atomic mass is 79.9. The molecule has 1 aliphatic heterocycles. The molecule has 1 aliphatic rings. The van der Waals surface area contributed by atoms with Crippen LogP contribution < -0.4 is 0 Å². The van der Waals surface area contributed by atoms with Gasteiger partial charge in [0.05, 0.1) is 6.04 Å². The van der Waals surface area contributed by atoms with Crippen LogP contribution in [0.1, 0.15) is 38.3 Å². The molecule has 1 aromatic rings. The monoisotopic (exact) mass is 294 g/mol. The lowest BCUT2D eigenvalue weighted by Crippen LogP contribution is -2.33. The van der Waals surface area contributed by atoms with Gasteiger partial charge in [-0.1, -0.05) is 28.1 Å².